The smallest absolute Gasteiger partial charge is 0.115 e. The minimum Gasteiger partial charge on any atom is -0.303 e. The van der Waals surface area contributed by atoms with Gasteiger partial charge in [0.25, 0.3) is 0 Å². The monoisotopic (exact) mass is 203 g/mol. The Hall–Kier alpha value is -1.22. The lowest BCUT2D eigenvalue weighted by atomic mass is 10.1. The zero-order valence-electron chi connectivity index (χ0n) is 9.13. The fourth-order valence-corrected chi connectivity index (χ4v) is 2.03. The minimum absolute atomic E-state index is 0.728. The molecule has 0 saturated carbocycles. The molecule has 15 heavy (non-hydrogen) atoms. The van der Waals surface area contributed by atoms with E-state index in [1.165, 1.54) is 19.4 Å². The van der Waals surface area contributed by atoms with Gasteiger partial charge in [-0.05, 0) is 32.9 Å². The van der Waals surface area contributed by atoms with Crippen molar-refractivity contribution in [2.24, 2.45) is 0 Å². The van der Waals surface area contributed by atoms with Crippen LogP contribution in [0.15, 0.2) is 24.8 Å². The summed E-state index contributed by atoms with van der Waals surface area (Å²) in [7, 11) is 2.21. The maximum absolute atomic E-state index is 3.98. The zero-order chi connectivity index (χ0) is 10.5. The Kier molecular flexibility index (Phi) is 3.45. The van der Waals surface area contributed by atoms with E-state index < -0.39 is 0 Å². The Morgan fingerprint density at radius 3 is 2.93 bits per heavy atom. The summed E-state index contributed by atoms with van der Waals surface area (Å²) in [5.41, 5.74) is 1.08. The van der Waals surface area contributed by atoms with Crippen molar-refractivity contribution >= 4 is 6.08 Å². The highest BCUT2D eigenvalue weighted by Crippen LogP contribution is 2.18. The van der Waals surface area contributed by atoms with Gasteiger partial charge in [0.2, 0.25) is 0 Å². The van der Waals surface area contributed by atoms with E-state index in [0.29, 0.717) is 0 Å². The third-order valence-electron chi connectivity index (χ3n) is 2.97. The second-order valence-corrected chi connectivity index (χ2v) is 4.09. The third kappa shape index (κ3) is 2.86. The first-order chi connectivity index (χ1) is 7.36. The van der Waals surface area contributed by atoms with Crippen LogP contribution in [-0.2, 0) is 0 Å². The molecule has 1 atom stereocenters. The van der Waals surface area contributed by atoms with E-state index in [4.69, 9.17) is 0 Å². The first kappa shape index (κ1) is 10.3. The summed E-state index contributed by atoms with van der Waals surface area (Å²) in [5, 5.41) is 0. The van der Waals surface area contributed by atoms with Crippen LogP contribution >= 0.6 is 0 Å². The number of rotatable bonds is 3. The van der Waals surface area contributed by atoms with E-state index >= 15 is 0 Å². The molecule has 0 aliphatic carbocycles. The largest absolute Gasteiger partial charge is 0.303 e. The van der Waals surface area contributed by atoms with Crippen LogP contribution in [-0.4, -0.2) is 34.5 Å². The Balaban J connectivity index is 1.85. The highest BCUT2D eigenvalue weighted by atomic mass is 15.1. The molecule has 0 bridgehead atoms. The molecule has 1 aliphatic heterocycles. The van der Waals surface area contributed by atoms with Gasteiger partial charge in [-0.1, -0.05) is 12.2 Å². The van der Waals surface area contributed by atoms with Crippen molar-refractivity contribution in [2.45, 2.75) is 25.3 Å². The van der Waals surface area contributed by atoms with Crippen LogP contribution in [0.3, 0.4) is 0 Å². The van der Waals surface area contributed by atoms with E-state index in [1.54, 1.807) is 6.33 Å². The molecule has 1 aromatic rings. The summed E-state index contributed by atoms with van der Waals surface area (Å²) in [4.78, 5) is 10.4. The van der Waals surface area contributed by atoms with Crippen LogP contribution in [0, 0.1) is 0 Å². The van der Waals surface area contributed by atoms with Crippen molar-refractivity contribution in [3.63, 3.8) is 0 Å². The first-order valence-corrected chi connectivity index (χ1v) is 5.48. The molecule has 2 heterocycles. The third-order valence-corrected chi connectivity index (χ3v) is 2.97. The van der Waals surface area contributed by atoms with Gasteiger partial charge in [-0.25, -0.2) is 9.97 Å². The number of aromatic nitrogens is 2. The van der Waals surface area contributed by atoms with Gasteiger partial charge >= 0.3 is 0 Å². The van der Waals surface area contributed by atoms with Crippen LogP contribution in [0.2, 0.25) is 0 Å². The normalized spacial score (nSPS) is 22.6. The van der Waals surface area contributed by atoms with Crippen LogP contribution in [0.4, 0.5) is 0 Å². The molecule has 1 fully saturated rings. The summed E-state index contributed by atoms with van der Waals surface area (Å²) in [5.74, 6) is 0. The molecule has 0 N–H and O–H groups in total. The molecule has 3 nitrogen and oxygen atoms in total. The molecular formula is C12H17N3. The van der Waals surface area contributed by atoms with Crippen molar-refractivity contribution in [2.75, 3.05) is 13.6 Å². The van der Waals surface area contributed by atoms with Crippen LogP contribution in [0.5, 0.6) is 0 Å². The number of hydrogen-bond donors (Lipinski definition) is 0. The average molecular weight is 203 g/mol. The van der Waals surface area contributed by atoms with E-state index in [-0.39, 0.29) is 0 Å². The Labute approximate surface area is 90.9 Å². The van der Waals surface area contributed by atoms with Gasteiger partial charge in [0.05, 0.1) is 0 Å². The van der Waals surface area contributed by atoms with E-state index in [0.717, 1.165) is 18.0 Å². The fourth-order valence-electron chi connectivity index (χ4n) is 2.03. The van der Waals surface area contributed by atoms with Gasteiger partial charge in [0.1, 0.15) is 6.33 Å². The summed E-state index contributed by atoms with van der Waals surface area (Å²) < 4.78 is 0. The standard InChI is InChI=1S/C12H17N3/c1-15-7-3-6-12(15)5-2-4-11-8-13-10-14-9-11/h2,4,8-10,12H,3,5-7H2,1H3/t12-/m1/s1. The second-order valence-electron chi connectivity index (χ2n) is 4.09. The molecule has 1 aliphatic rings. The molecule has 0 amide bonds. The molecule has 0 aromatic carbocycles. The van der Waals surface area contributed by atoms with Gasteiger partial charge in [0, 0.05) is 24.0 Å². The highest BCUT2D eigenvalue weighted by molar-refractivity contribution is 5.46. The number of hydrogen-bond acceptors (Lipinski definition) is 3. The fraction of sp³-hybridized carbons (Fsp3) is 0.500. The van der Waals surface area contributed by atoms with Crippen LogP contribution in [0.1, 0.15) is 24.8 Å². The topological polar surface area (TPSA) is 29.0 Å². The van der Waals surface area contributed by atoms with Crippen molar-refractivity contribution in [3.05, 3.63) is 30.4 Å². The van der Waals surface area contributed by atoms with Gasteiger partial charge in [-0.3, -0.25) is 0 Å². The predicted molar refractivity (Wildman–Crippen MR) is 61.3 cm³/mol. The molecular weight excluding hydrogens is 186 g/mol. The van der Waals surface area contributed by atoms with E-state index in [1.807, 2.05) is 12.4 Å². The van der Waals surface area contributed by atoms with Gasteiger partial charge in [-0.15, -0.1) is 0 Å². The lowest BCUT2D eigenvalue weighted by Gasteiger charge is -2.16. The maximum Gasteiger partial charge on any atom is 0.115 e. The van der Waals surface area contributed by atoms with Crippen molar-refractivity contribution in [1.82, 2.24) is 14.9 Å². The molecule has 3 heteroatoms. The van der Waals surface area contributed by atoms with Gasteiger partial charge in [-0.2, -0.15) is 0 Å². The number of likely N-dealkylation sites (tertiary alicyclic amines) is 1. The maximum atomic E-state index is 3.98. The summed E-state index contributed by atoms with van der Waals surface area (Å²) in [6.45, 7) is 1.24. The van der Waals surface area contributed by atoms with E-state index in [9.17, 15) is 0 Å². The number of nitrogens with zero attached hydrogens (tertiary/aromatic N) is 3. The van der Waals surface area contributed by atoms with Crippen molar-refractivity contribution in [1.29, 1.82) is 0 Å². The first-order valence-electron chi connectivity index (χ1n) is 5.48. The van der Waals surface area contributed by atoms with Gasteiger partial charge in [0.15, 0.2) is 0 Å². The molecule has 0 radical (unpaired) electrons. The lowest BCUT2D eigenvalue weighted by Crippen LogP contribution is -2.23. The minimum atomic E-state index is 0.728. The van der Waals surface area contributed by atoms with E-state index in [2.05, 4.69) is 34.1 Å². The van der Waals surface area contributed by atoms with Crippen LogP contribution < -0.4 is 0 Å². The Bertz CT molecular complexity index is 321. The predicted octanol–water partition coefficient (Wildman–Crippen LogP) is 1.97. The summed E-state index contributed by atoms with van der Waals surface area (Å²) in [6.07, 6.45) is 13.4. The molecule has 1 aromatic heterocycles. The summed E-state index contributed by atoms with van der Waals surface area (Å²) in [6, 6.07) is 0.728. The SMILES string of the molecule is CN1CCC[C@H]1CC=Cc1cncnc1. The lowest BCUT2D eigenvalue weighted by molar-refractivity contribution is 0.313. The molecule has 0 unspecified atom stereocenters. The Morgan fingerprint density at radius 1 is 1.47 bits per heavy atom. The highest BCUT2D eigenvalue weighted by Gasteiger charge is 2.18. The average Bonchev–Trinajstić information content (AvgIpc) is 2.66. The molecule has 80 valence electrons. The second kappa shape index (κ2) is 5.03. The quantitative estimate of drug-likeness (QED) is 0.752. The van der Waals surface area contributed by atoms with Crippen LogP contribution in [0.25, 0.3) is 6.08 Å². The Morgan fingerprint density at radius 2 is 2.27 bits per heavy atom. The van der Waals surface area contributed by atoms with Crippen molar-refractivity contribution in [3.8, 4) is 0 Å². The molecule has 0 spiro atoms. The molecule has 2 rings (SSSR count). The zero-order valence-corrected chi connectivity index (χ0v) is 9.13. The summed E-state index contributed by atoms with van der Waals surface area (Å²) >= 11 is 0. The molecule has 1 saturated heterocycles. The van der Waals surface area contributed by atoms with Crippen molar-refractivity contribution < 1.29 is 0 Å². The van der Waals surface area contributed by atoms with Gasteiger partial charge < -0.3 is 4.90 Å².